The number of hydrogen-bond acceptors (Lipinski definition) is 3. The fourth-order valence-corrected chi connectivity index (χ4v) is 3.77. The maximum absolute atomic E-state index is 13.5. The lowest BCUT2D eigenvalue weighted by Crippen LogP contribution is -2.45. The molecule has 0 saturated heterocycles. The summed E-state index contributed by atoms with van der Waals surface area (Å²) in [6.07, 6.45) is 2.20. The van der Waals surface area contributed by atoms with Gasteiger partial charge in [0, 0.05) is 35.9 Å². The minimum atomic E-state index is -1.25. The van der Waals surface area contributed by atoms with Gasteiger partial charge in [-0.2, -0.15) is 0 Å². The van der Waals surface area contributed by atoms with E-state index in [1.807, 2.05) is 18.2 Å². The Morgan fingerprint density at radius 2 is 1.59 bits per heavy atom. The van der Waals surface area contributed by atoms with E-state index in [1.165, 1.54) is 22.4 Å². The number of pyridine rings is 1. The molecular weight excluding hydrogens is 388 g/mol. The van der Waals surface area contributed by atoms with Gasteiger partial charge in [-0.05, 0) is 47.9 Å². The van der Waals surface area contributed by atoms with E-state index in [9.17, 15) is 14.4 Å². The topological polar surface area (TPSA) is 59.4 Å². The molecule has 4 rings (SSSR count). The van der Waals surface area contributed by atoms with E-state index in [0.29, 0.717) is 30.1 Å². The molecule has 0 saturated carbocycles. The SMILES string of the molecule is O=C(c1ccc(Cl)cc1)[C@H](C(=O)N1CCc2ccccc2C1)n1ccccc1=O. The first-order valence-corrected chi connectivity index (χ1v) is 9.75. The first-order chi connectivity index (χ1) is 14.0. The zero-order chi connectivity index (χ0) is 20.4. The molecule has 146 valence electrons. The van der Waals surface area contributed by atoms with Crippen LogP contribution in [0.4, 0.5) is 0 Å². The van der Waals surface area contributed by atoms with Crippen LogP contribution in [0.15, 0.2) is 77.7 Å². The quantitative estimate of drug-likeness (QED) is 0.492. The Labute approximate surface area is 173 Å². The normalized spacial score (nSPS) is 14.2. The molecule has 0 radical (unpaired) electrons. The molecule has 0 aliphatic carbocycles. The predicted molar refractivity (Wildman–Crippen MR) is 111 cm³/mol. The van der Waals surface area contributed by atoms with Crippen LogP contribution in [0.3, 0.4) is 0 Å². The smallest absolute Gasteiger partial charge is 0.254 e. The van der Waals surface area contributed by atoms with E-state index >= 15 is 0 Å². The van der Waals surface area contributed by atoms with Crippen molar-refractivity contribution < 1.29 is 9.59 Å². The summed E-state index contributed by atoms with van der Waals surface area (Å²) in [5.74, 6) is -0.813. The standard InChI is InChI=1S/C23H19ClN2O3/c24-19-10-8-17(9-11-19)22(28)21(26-13-4-3-7-20(26)27)23(29)25-14-12-16-5-1-2-6-18(16)15-25/h1-11,13,21H,12,14-15H2/t21-/m1/s1. The average Bonchev–Trinajstić information content (AvgIpc) is 2.75. The molecule has 5 nitrogen and oxygen atoms in total. The van der Waals surface area contributed by atoms with Gasteiger partial charge in [-0.1, -0.05) is 41.9 Å². The first kappa shape index (κ1) is 19.2. The second kappa shape index (κ2) is 8.05. The second-order valence-electron chi connectivity index (χ2n) is 7.00. The van der Waals surface area contributed by atoms with Gasteiger partial charge in [0.15, 0.2) is 11.8 Å². The number of carbonyl (C=O) groups is 2. The van der Waals surface area contributed by atoms with E-state index in [1.54, 1.807) is 41.3 Å². The highest BCUT2D eigenvalue weighted by molar-refractivity contribution is 6.30. The van der Waals surface area contributed by atoms with Gasteiger partial charge in [-0.15, -0.1) is 0 Å². The number of halogens is 1. The molecule has 0 N–H and O–H groups in total. The van der Waals surface area contributed by atoms with Crippen molar-refractivity contribution in [2.24, 2.45) is 0 Å². The first-order valence-electron chi connectivity index (χ1n) is 9.37. The third-order valence-electron chi connectivity index (χ3n) is 5.18. The molecule has 0 fully saturated rings. The number of rotatable bonds is 4. The Hall–Kier alpha value is -3.18. The number of carbonyl (C=O) groups excluding carboxylic acids is 2. The average molecular weight is 407 g/mol. The molecule has 0 spiro atoms. The van der Waals surface area contributed by atoms with Crippen molar-refractivity contribution in [3.63, 3.8) is 0 Å². The molecule has 1 aliphatic heterocycles. The summed E-state index contributed by atoms with van der Waals surface area (Å²) in [6.45, 7) is 0.919. The monoisotopic (exact) mass is 406 g/mol. The number of amides is 1. The number of hydrogen-bond donors (Lipinski definition) is 0. The largest absolute Gasteiger partial charge is 0.336 e. The van der Waals surface area contributed by atoms with E-state index in [-0.39, 0.29) is 5.91 Å². The zero-order valence-corrected chi connectivity index (χ0v) is 16.4. The van der Waals surface area contributed by atoms with E-state index in [0.717, 1.165) is 5.56 Å². The Morgan fingerprint density at radius 1 is 0.897 bits per heavy atom. The Balaban J connectivity index is 1.72. The van der Waals surface area contributed by atoms with Gasteiger partial charge in [0.05, 0.1) is 0 Å². The molecule has 3 aromatic rings. The molecule has 1 amide bonds. The van der Waals surface area contributed by atoms with Crippen molar-refractivity contribution >= 4 is 23.3 Å². The van der Waals surface area contributed by atoms with Gasteiger partial charge >= 0.3 is 0 Å². The number of ketones is 1. The highest BCUT2D eigenvalue weighted by Crippen LogP contribution is 2.23. The molecule has 1 aromatic heterocycles. The molecule has 0 unspecified atom stereocenters. The highest BCUT2D eigenvalue weighted by Gasteiger charge is 2.34. The summed E-state index contributed by atoms with van der Waals surface area (Å²) >= 11 is 5.93. The van der Waals surface area contributed by atoms with Crippen molar-refractivity contribution in [3.05, 3.63) is 105 Å². The van der Waals surface area contributed by atoms with Gasteiger partial charge in [0.2, 0.25) is 0 Å². The molecule has 2 heterocycles. The summed E-state index contributed by atoms with van der Waals surface area (Å²) in [6, 6.07) is 17.6. The number of nitrogens with zero attached hydrogens (tertiary/aromatic N) is 2. The minimum absolute atomic E-state index is 0.334. The van der Waals surface area contributed by atoms with Crippen molar-refractivity contribution in [2.75, 3.05) is 6.54 Å². The van der Waals surface area contributed by atoms with Gasteiger partial charge in [-0.3, -0.25) is 19.0 Å². The van der Waals surface area contributed by atoms with Crippen LogP contribution in [0.5, 0.6) is 0 Å². The van der Waals surface area contributed by atoms with Crippen molar-refractivity contribution in [1.29, 1.82) is 0 Å². The molecule has 2 aromatic carbocycles. The Morgan fingerprint density at radius 3 is 2.31 bits per heavy atom. The van der Waals surface area contributed by atoms with Crippen LogP contribution in [0, 0.1) is 0 Å². The van der Waals surface area contributed by atoms with E-state index in [2.05, 4.69) is 6.07 Å². The molecule has 1 atom stereocenters. The Kier molecular flexibility index (Phi) is 5.32. The lowest BCUT2D eigenvalue weighted by molar-refractivity contribution is -0.134. The fourth-order valence-electron chi connectivity index (χ4n) is 3.64. The van der Waals surface area contributed by atoms with Crippen LogP contribution in [0.25, 0.3) is 0 Å². The van der Waals surface area contributed by atoms with Crippen LogP contribution in [0.2, 0.25) is 5.02 Å². The number of benzene rings is 2. The number of aromatic nitrogens is 1. The molecule has 1 aliphatic rings. The van der Waals surface area contributed by atoms with E-state index < -0.39 is 17.4 Å². The summed E-state index contributed by atoms with van der Waals surface area (Å²) in [5, 5.41) is 0.494. The number of Topliss-reactive ketones (excluding diaryl/α,β-unsaturated/α-hetero) is 1. The van der Waals surface area contributed by atoms with Gasteiger partial charge in [0.1, 0.15) is 0 Å². The molecule has 29 heavy (non-hydrogen) atoms. The van der Waals surface area contributed by atoms with Crippen LogP contribution >= 0.6 is 11.6 Å². The maximum atomic E-state index is 13.5. The Bertz CT molecular complexity index is 1120. The molecular formula is C23H19ClN2O3. The number of fused-ring (bicyclic) bond motifs is 1. The van der Waals surface area contributed by atoms with Gasteiger partial charge in [-0.25, -0.2) is 0 Å². The summed E-state index contributed by atoms with van der Waals surface area (Å²) in [5.41, 5.74) is 2.20. The third kappa shape index (κ3) is 3.87. The van der Waals surface area contributed by atoms with Crippen molar-refractivity contribution in [3.8, 4) is 0 Å². The van der Waals surface area contributed by atoms with E-state index in [4.69, 9.17) is 11.6 Å². The lowest BCUT2D eigenvalue weighted by Gasteiger charge is -2.32. The highest BCUT2D eigenvalue weighted by atomic mass is 35.5. The van der Waals surface area contributed by atoms with Gasteiger partial charge < -0.3 is 4.90 Å². The van der Waals surface area contributed by atoms with Crippen LogP contribution < -0.4 is 5.56 Å². The third-order valence-corrected chi connectivity index (χ3v) is 5.43. The summed E-state index contributed by atoms with van der Waals surface area (Å²) < 4.78 is 1.21. The summed E-state index contributed by atoms with van der Waals surface area (Å²) in [7, 11) is 0. The van der Waals surface area contributed by atoms with Crippen LogP contribution in [-0.4, -0.2) is 27.7 Å². The summed E-state index contributed by atoms with van der Waals surface area (Å²) in [4.78, 5) is 40.9. The van der Waals surface area contributed by atoms with Crippen molar-refractivity contribution in [2.45, 2.75) is 19.0 Å². The minimum Gasteiger partial charge on any atom is -0.336 e. The predicted octanol–water partition coefficient (Wildman–Crippen LogP) is 3.51. The molecule has 0 bridgehead atoms. The van der Waals surface area contributed by atoms with Crippen LogP contribution in [-0.2, 0) is 17.8 Å². The molecule has 6 heteroatoms. The lowest BCUT2D eigenvalue weighted by atomic mass is 9.97. The van der Waals surface area contributed by atoms with Crippen LogP contribution in [0.1, 0.15) is 27.5 Å². The fraction of sp³-hybridized carbons (Fsp3) is 0.174. The maximum Gasteiger partial charge on any atom is 0.254 e. The zero-order valence-electron chi connectivity index (χ0n) is 15.6. The van der Waals surface area contributed by atoms with Crippen molar-refractivity contribution in [1.82, 2.24) is 9.47 Å². The second-order valence-corrected chi connectivity index (χ2v) is 7.43. The van der Waals surface area contributed by atoms with Gasteiger partial charge in [0.25, 0.3) is 11.5 Å².